The summed E-state index contributed by atoms with van der Waals surface area (Å²) in [7, 11) is -3.08. The lowest BCUT2D eigenvalue weighted by Crippen LogP contribution is -2.17. The van der Waals surface area contributed by atoms with E-state index in [1.54, 1.807) is 0 Å². The van der Waals surface area contributed by atoms with Gasteiger partial charge < -0.3 is 8.94 Å². The zero-order chi connectivity index (χ0) is 15.0. The minimum atomic E-state index is -3.08. The summed E-state index contributed by atoms with van der Waals surface area (Å²) in [5.74, 6) is 0.506. The Bertz CT molecular complexity index is 470. The summed E-state index contributed by atoms with van der Waals surface area (Å²) in [5.41, 5.74) is 0. The molecule has 7 nitrogen and oxygen atoms in total. The van der Waals surface area contributed by atoms with Crippen LogP contribution in [-0.2, 0) is 15.7 Å². The zero-order valence-electron chi connectivity index (χ0n) is 10.6. The SMILES string of the molecule is O=[N+]([O-])c1ccc(COP(=O)(CCCCl)NCCCl)o1. The Kier molecular flexibility index (Phi) is 7.55. The van der Waals surface area contributed by atoms with Crippen molar-refractivity contribution in [2.45, 2.75) is 13.0 Å². The van der Waals surface area contributed by atoms with Crippen LogP contribution in [-0.4, -0.2) is 29.4 Å². The van der Waals surface area contributed by atoms with Gasteiger partial charge in [0.2, 0.25) is 0 Å². The topological polar surface area (TPSA) is 94.6 Å². The molecule has 0 aromatic carbocycles. The molecule has 1 heterocycles. The second-order valence-electron chi connectivity index (χ2n) is 3.81. The quantitative estimate of drug-likeness (QED) is 0.302. The van der Waals surface area contributed by atoms with Crippen LogP contribution in [0, 0.1) is 10.1 Å². The minimum absolute atomic E-state index is 0.122. The molecule has 20 heavy (non-hydrogen) atoms. The van der Waals surface area contributed by atoms with Crippen molar-refractivity contribution in [2.75, 3.05) is 24.5 Å². The Morgan fingerprint density at radius 3 is 2.70 bits per heavy atom. The van der Waals surface area contributed by atoms with Crippen LogP contribution in [0.15, 0.2) is 16.5 Å². The normalized spacial score (nSPS) is 14.1. The van der Waals surface area contributed by atoms with Gasteiger partial charge in [0.1, 0.15) is 17.3 Å². The van der Waals surface area contributed by atoms with Crippen LogP contribution in [0.5, 0.6) is 0 Å². The Labute approximate surface area is 126 Å². The number of nitrogens with zero attached hydrogens (tertiary/aromatic N) is 1. The molecule has 1 aromatic heterocycles. The Balaban J connectivity index is 2.59. The maximum atomic E-state index is 12.4. The van der Waals surface area contributed by atoms with Crippen molar-refractivity contribution in [1.29, 1.82) is 0 Å². The molecule has 0 radical (unpaired) electrons. The molecule has 0 aliphatic rings. The van der Waals surface area contributed by atoms with Crippen LogP contribution in [0.2, 0.25) is 0 Å². The fraction of sp³-hybridized carbons (Fsp3) is 0.600. The predicted octanol–water partition coefficient (Wildman–Crippen LogP) is 3.35. The van der Waals surface area contributed by atoms with Gasteiger partial charge in [0, 0.05) is 24.5 Å². The monoisotopic (exact) mass is 344 g/mol. The molecule has 0 fully saturated rings. The van der Waals surface area contributed by atoms with Crippen molar-refractivity contribution in [1.82, 2.24) is 5.09 Å². The third-order valence-electron chi connectivity index (χ3n) is 2.28. The number of hydrogen-bond acceptors (Lipinski definition) is 5. The molecule has 0 saturated carbocycles. The van der Waals surface area contributed by atoms with E-state index >= 15 is 0 Å². The lowest BCUT2D eigenvalue weighted by molar-refractivity contribution is -0.402. The van der Waals surface area contributed by atoms with Gasteiger partial charge in [-0.3, -0.25) is 14.7 Å². The second kappa shape index (κ2) is 8.64. The van der Waals surface area contributed by atoms with Crippen LogP contribution >= 0.6 is 30.7 Å². The van der Waals surface area contributed by atoms with Gasteiger partial charge in [0.05, 0.1) is 6.07 Å². The van der Waals surface area contributed by atoms with Crippen LogP contribution in [0.4, 0.5) is 5.88 Å². The van der Waals surface area contributed by atoms with E-state index in [0.29, 0.717) is 24.7 Å². The van der Waals surface area contributed by atoms with Crippen LogP contribution in [0.1, 0.15) is 12.2 Å². The van der Waals surface area contributed by atoms with E-state index in [4.69, 9.17) is 32.1 Å². The second-order valence-corrected chi connectivity index (χ2v) is 6.93. The number of furan rings is 1. The van der Waals surface area contributed by atoms with Gasteiger partial charge in [-0.25, -0.2) is 5.09 Å². The largest absolute Gasteiger partial charge is 0.433 e. The summed E-state index contributed by atoms with van der Waals surface area (Å²) in [6, 6.07) is 2.63. The van der Waals surface area contributed by atoms with Crippen molar-refractivity contribution < 1.29 is 18.4 Å². The molecule has 0 aliphatic heterocycles. The van der Waals surface area contributed by atoms with Crippen molar-refractivity contribution in [3.63, 3.8) is 0 Å². The fourth-order valence-corrected chi connectivity index (χ4v) is 3.67. The number of rotatable bonds is 10. The third kappa shape index (κ3) is 5.81. The summed E-state index contributed by atoms with van der Waals surface area (Å²) < 4.78 is 22.7. The van der Waals surface area contributed by atoms with Crippen molar-refractivity contribution >= 4 is 36.6 Å². The maximum Gasteiger partial charge on any atom is 0.433 e. The van der Waals surface area contributed by atoms with Crippen LogP contribution in [0.25, 0.3) is 0 Å². The molecule has 0 spiro atoms. The van der Waals surface area contributed by atoms with E-state index in [-0.39, 0.29) is 24.4 Å². The highest BCUT2D eigenvalue weighted by Gasteiger charge is 2.23. The van der Waals surface area contributed by atoms with E-state index in [0.717, 1.165) is 0 Å². The summed E-state index contributed by atoms with van der Waals surface area (Å²) in [4.78, 5) is 9.82. The summed E-state index contributed by atoms with van der Waals surface area (Å²) in [6.07, 6.45) is 0.780. The molecule has 0 amide bonds. The fourth-order valence-electron chi connectivity index (χ4n) is 1.38. The van der Waals surface area contributed by atoms with Gasteiger partial charge >= 0.3 is 5.88 Å². The van der Waals surface area contributed by atoms with Gasteiger partial charge in [-0.05, 0) is 12.5 Å². The molecule has 1 N–H and O–H groups in total. The molecule has 0 saturated heterocycles. The Morgan fingerprint density at radius 2 is 2.15 bits per heavy atom. The Hall–Kier alpha value is -0.590. The summed E-state index contributed by atoms with van der Waals surface area (Å²) in [5, 5.41) is 13.2. The number of alkyl halides is 2. The Morgan fingerprint density at radius 1 is 1.40 bits per heavy atom. The lowest BCUT2D eigenvalue weighted by Gasteiger charge is -2.18. The maximum absolute atomic E-state index is 12.4. The molecule has 0 bridgehead atoms. The molecular formula is C10H15Cl2N2O5P. The first-order valence-corrected chi connectivity index (χ1v) is 8.72. The van der Waals surface area contributed by atoms with Crippen molar-refractivity contribution in [2.24, 2.45) is 0 Å². The van der Waals surface area contributed by atoms with Gasteiger partial charge in [-0.1, -0.05) is 0 Å². The standard InChI is InChI=1S/C10H15Cl2N2O5P/c11-4-1-7-20(17,13-6-5-12)18-8-9-2-3-10(19-9)14(15)16/h2-3H,1,4-8H2,(H,13,17). The number of hydrogen-bond donors (Lipinski definition) is 1. The predicted molar refractivity (Wildman–Crippen MR) is 76.7 cm³/mol. The van der Waals surface area contributed by atoms with Gasteiger partial charge in [-0.2, -0.15) is 0 Å². The van der Waals surface area contributed by atoms with E-state index in [9.17, 15) is 14.7 Å². The summed E-state index contributed by atoms with van der Waals surface area (Å²) in [6.45, 7) is 0.210. The van der Waals surface area contributed by atoms with Gasteiger partial charge in [0.25, 0.3) is 7.52 Å². The first-order valence-electron chi connectivity index (χ1n) is 5.84. The van der Waals surface area contributed by atoms with E-state index in [2.05, 4.69) is 5.09 Å². The van der Waals surface area contributed by atoms with Crippen molar-refractivity contribution in [3.05, 3.63) is 28.0 Å². The van der Waals surface area contributed by atoms with Crippen LogP contribution < -0.4 is 5.09 Å². The average molecular weight is 345 g/mol. The molecule has 1 atom stereocenters. The zero-order valence-corrected chi connectivity index (χ0v) is 13.0. The van der Waals surface area contributed by atoms with E-state index in [1.807, 2.05) is 0 Å². The molecule has 114 valence electrons. The highest BCUT2D eigenvalue weighted by Crippen LogP contribution is 2.44. The molecular weight excluding hydrogens is 330 g/mol. The highest BCUT2D eigenvalue weighted by atomic mass is 35.5. The molecule has 1 aromatic rings. The van der Waals surface area contributed by atoms with Crippen molar-refractivity contribution in [3.8, 4) is 0 Å². The first kappa shape index (κ1) is 17.5. The molecule has 10 heteroatoms. The highest BCUT2D eigenvalue weighted by molar-refractivity contribution is 7.56. The van der Waals surface area contributed by atoms with E-state index in [1.165, 1.54) is 12.1 Å². The van der Waals surface area contributed by atoms with Gasteiger partial charge in [0.15, 0.2) is 0 Å². The van der Waals surface area contributed by atoms with Crippen LogP contribution in [0.3, 0.4) is 0 Å². The number of nitrogens with one attached hydrogen (secondary N) is 1. The van der Waals surface area contributed by atoms with Gasteiger partial charge in [-0.15, -0.1) is 23.2 Å². The minimum Gasteiger partial charge on any atom is -0.403 e. The first-order chi connectivity index (χ1) is 9.50. The molecule has 1 unspecified atom stereocenters. The third-order valence-corrected chi connectivity index (χ3v) is 4.89. The lowest BCUT2D eigenvalue weighted by atomic mass is 10.5. The number of nitro groups is 1. The smallest absolute Gasteiger partial charge is 0.403 e. The average Bonchev–Trinajstić information content (AvgIpc) is 2.90. The molecule has 1 rings (SSSR count). The molecule has 0 aliphatic carbocycles. The number of halogens is 2. The van der Waals surface area contributed by atoms with E-state index < -0.39 is 12.4 Å². The summed E-state index contributed by atoms with van der Waals surface area (Å²) >= 11 is 11.1.